The number of hydrogen-bond acceptors (Lipinski definition) is 4. The van der Waals surface area contributed by atoms with E-state index in [1.54, 1.807) is 30.3 Å². The van der Waals surface area contributed by atoms with Crippen LogP contribution in [0, 0.1) is 0 Å². The minimum atomic E-state index is -0.332. The minimum absolute atomic E-state index is 0.0697. The highest BCUT2D eigenvalue weighted by Crippen LogP contribution is 2.29. The molecule has 0 unspecified atom stereocenters. The van der Waals surface area contributed by atoms with E-state index in [9.17, 15) is 9.90 Å². The lowest BCUT2D eigenvalue weighted by atomic mass is 9.98. The van der Waals surface area contributed by atoms with E-state index in [-0.39, 0.29) is 22.9 Å². The van der Waals surface area contributed by atoms with E-state index in [2.05, 4.69) is 24.5 Å². The first-order valence-corrected chi connectivity index (χ1v) is 9.43. The molecular weight excluding hydrogens is 360 g/mol. The Morgan fingerprint density at radius 3 is 2.41 bits per heavy atom. The number of thiocarbonyl (C=S) groups is 1. The van der Waals surface area contributed by atoms with Crippen molar-refractivity contribution in [3.63, 3.8) is 0 Å². The van der Waals surface area contributed by atoms with Crippen molar-refractivity contribution in [2.45, 2.75) is 46.1 Å². The maximum Gasteiger partial charge on any atom is 0.257 e. The second kappa shape index (κ2) is 9.37. The quantitative estimate of drug-likeness (QED) is 0.490. The Morgan fingerprint density at radius 2 is 1.81 bits per heavy atom. The van der Waals surface area contributed by atoms with Crippen molar-refractivity contribution in [2.24, 2.45) is 0 Å². The molecule has 0 saturated carbocycles. The predicted octanol–water partition coefficient (Wildman–Crippen LogP) is 4.82. The fourth-order valence-electron chi connectivity index (χ4n) is 2.48. The zero-order chi connectivity index (χ0) is 20.0. The topological polar surface area (TPSA) is 70.6 Å². The van der Waals surface area contributed by atoms with Gasteiger partial charge in [-0.2, -0.15) is 0 Å². The number of anilines is 1. The van der Waals surface area contributed by atoms with E-state index in [0.29, 0.717) is 22.9 Å². The summed E-state index contributed by atoms with van der Waals surface area (Å²) in [7, 11) is 0. The van der Waals surface area contributed by atoms with Crippen LogP contribution in [0.4, 0.5) is 5.69 Å². The molecule has 2 aromatic carbocycles. The van der Waals surface area contributed by atoms with Crippen LogP contribution >= 0.6 is 12.2 Å². The fourth-order valence-corrected chi connectivity index (χ4v) is 2.68. The summed E-state index contributed by atoms with van der Waals surface area (Å²) in [5.41, 5.74) is 2.03. The lowest BCUT2D eigenvalue weighted by Crippen LogP contribution is -2.34. The molecule has 0 spiro atoms. The molecule has 0 fully saturated rings. The standard InChI is InChI=1S/C21H26N2O3S/c1-5-14(4)16-8-11-19(24)18(12-16)22-21(27)23-20(25)15-6-9-17(10-7-15)26-13(2)3/h6-14,24H,5H2,1-4H3,(H2,22,23,25,27)/t14-/m0/s1. The molecule has 0 saturated heterocycles. The van der Waals surface area contributed by atoms with Crippen LogP contribution in [0.2, 0.25) is 0 Å². The lowest BCUT2D eigenvalue weighted by molar-refractivity contribution is 0.0977. The van der Waals surface area contributed by atoms with Crippen molar-refractivity contribution >= 4 is 28.9 Å². The van der Waals surface area contributed by atoms with Gasteiger partial charge in [0.25, 0.3) is 5.91 Å². The number of benzene rings is 2. The molecule has 5 nitrogen and oxygen atoms in total. The van der Waals surface area contributed by atoms with Gasteiger partial charge in [-0.15, -0.1) is 0 Å². The third-order valence-corrected chi connectivity index (χ3v) is 4.37. The van der Waals surface area contributed by atoms with E-state index in [4.69, 9.17) is 17.0 Å². The van der Waals surface area contributed by atoms with Crippen molar-refractivity contribution in [1.82, 2.24) is 5.32 Å². The summed E-state index contributed by atoms with van der Waals surface area (Å²) in [5.74, 6) is 0.810. The van der Waals surface area contributed by atoms with Crippen LogP contribution in [-0.4, -0.2) is 22.2 Å². The van der Waals surface area contributed by atoms with E-state index < -0.39 is 0 Å². The maximum atomic E-state index is 12.3. The van der Waals surface area contributed by atoms with Crippen molar-refractivity contribution in [3.8, 4) is 11.5 Å². The van der Waals surface area contributed by atoms with Crippen LogP contribution in [0.1, 0.15) is 56.0 Å². The van der Waals surface area contributed by atoms with Gasteiger partial charge in [-0.25, -0.2) is 0 Å². The van der Waals surface area contributed by atoms with Crippen molar-refractivity contribution in [2.75, 3.05) is 5.32 Å². The van der Waals surface area contributed by atoms with Gasteiger partial charge in [0.1, 0.15) is 11.5 Å². The van der Waals surface area contributed by atoms with Gasteiger partial charge in [0.2, 0.25) is 0 Å². The molecule has 0 aliphatic carbocycles. The Labute approximate surface area is 165 Å². The molecule has 6 heteroatoms. The molecular formula is C21H26N2O3S. The van der Waals surface area contributed by atoms with E-state index in [0.717, 1.165) is 12.0 Å². The molecule has 3 N–H and O–H groups in total. The molecule has 144 valence electrons. The van der Waals surface area contributed by atoms with Gasteiger partial charge in [-0.05, 0) is 80.4 Å². The summed E-state index contributed by atoms with van der Waals surface area (Å²) in [4.78, 5) is 12.3. The number of aromatic hydroxyl groups is 1. The third-order valence-electron chi connectivity index (χ3n) is 4.17. The van der Waals surface area contributed by atoms with Crippen LogP contribution in [0.3, 0.4) is 0 Å². The SMILES string of the molecule is CC[C@H](C)c1ccc(O)c(NC(=S)NC(=O)c2ccc(OC(C)C)cc2)c1. The normalized spacial score (nSPS) is 11.7. The number of phenols is 1. The Balaban J connectivity index is 2.02. The lowest BCUT2D eigenvalue weighted by Gasteiger charge is -2.15. The molecule has 2 aromatic rings. The second-order valence-corrected chi connectivity index (χ2v) is 7.09. The van der Waals surface area contributed by atoms with Crippen LogP contribution in [0.25, 0.3) is 0 Å². The Kier molecular flexibility index (Phi) is 7.19. The van der Waals surface area contributed by atoms with E-state index in [1.165, 1.54) is 0 Å². The van der Waals surface area contributed by atoms with Gasteiger partial charge in [0.15, 0.2) is 5.11 Å². The number of hydrogen-bond donors (Lipinski definition) is 3. The monoisotopic (exact) mass is 386 g/mol. The summed E-state index contributed by atoms with van der Waals surface area (Å²) in [6.07, 6.45) is 1.06. The smallest absolute Gasteiger partial charge is 0.257 e. The highest BCUT2D eigenvalue weighted by molar-refractivity contribution is 7.80. The molecule has 0 aromatic heterocycles. The Morgan fingerprint density at radius 1 is 1.15 bits per heavy atom. The molecule has 27 heavy (non-hydrogen) atoms. The Hall–Kier alpha value is -2.60. The maximum absolute atomic E-state index is 12.3. The van der Waals surface area contributed by atoms with Crippen LogP contribution in [0.5, 0.6) is 11.5 Å². The molecule has 0 radical (unpaired) electrons. The number of carbonyl (C=O) groups excluding carboxylic acids is 1. The van der Waals surface area contributed by atoms with Crippen LogP contribution < -0.4 is 15.4 Å². The summed E-state index contributed by atoms with van der Waals surface area (Å²) in [6.45, 7) is 8.10. The molecule has 1 atom stereocenters. The van der Waals surface area contributed by atoms with Gasteiger partial charge in [0.05, 0.1) is 11.8 Å². The van der Waals surface area contributed by atoms with Crippen LogP contribution in [-0.2, 0) is 0 Å². The summed E-state index contributed by atoms with van der Waals surface area (Å²) >= 11 is 5.21. The zero-order valence-electron chi connectivity index (χ0n) is 16.1. The average molecular weight is 387 g/mol. The Bertz CT molecular complexity index is 804. The number of nitrogens with one attached hydrogen (secondary N) is 2. The van der Waals surface area contributed by atoms with Crippen molar-refractivity contribution < 1.29 is 14.6 Å². The minimum Gasteiger partial charge on any atom is -0.506 e. The van der Waals surface area contributed by atoms with Gasteiger partial charge in [0, 0.05) is 5.56 Å². The first kappa shape index (κ1) is 20.7. The molecule has 0 heterocycles. The second-order valence-electron chi connectivity index (χ2n) is 6.69. The average Bonchev–Trinajstić information content (AvgIpc) is 2.62. The number of rotatable bonds is 6. The molecule has 1 amide bonds. The molecule has 0 aliphatic rings. The fraction of sp³-hybridized carbons (Fsp3) is 0.333. The third kappa shape index (κ3) is 5.96. The van der Waals surface area contributed by atoms with Gasteiger partial charge in [-0.1, -0.05) is 19.9 Å². The first-order valence-electron chi connectivity index (χ1n) is 9.02. The molecule has 2 rings (SSSR count). The summed E-state index contributed by atoms with van der Waals surface area (Å²) < 4.78 is 5.56. The predicted molar refractivity (Wildman–Crippen MR) is 113 cm³/mol. The highest BCUT2D eigenvalue weighted by Gasteiger charge is 2.12. The van der Waals surface area contributed by atoms with Gasteiger partial charge >= 0.3 is 0 Å². The van der Waals surface area contributed by atoms with Crippen molar-refractivity contribution in [3.05, 3.63) is 53.6 Å². The van der Waals surface area contributed by atoms with E-state index in [1.807, 2.05) is 26.0 Å². The summed E-state index contributed by atoms with van der Waals surface area (Å²) in [5, 5.41) is 15.7. The first-order chi connectivity index (χ1) is 12.8. The van der Waals surface area contributed by atoms with E-state index >= 15 is 0 Å². The number of amides is 1. The number of ether oxygens (including phenoxy) is 1. The highest BCUT2D eigenvalue weighted by atomic mass is 32.1. The molecule has 0 bridgehead atoms. The number of phenolic OH excluding ortho intramolecular Hbond substituents is 1. The molecule has 0 aliphatic heterocycles. The van der Waals surface area contributed by atoms with Crippen molar-refractivity contribution in [1.29, 1.82) is 0 Å². The van der Waals surface area contributed by atoms with Gasteiger partial charge < -0.3 is 15.2 Å². The van der Waals surface area contributed by atoms with Crippen LogP contribution in [0.15, 0.2) is 42.5 Å². The zero-order valence-corrected chi connectivity index (χ0v) is 16.9. The largest absolute Gasteiger partial charge is 0.506 e. The summed E-state index contributed by atoms with van der Waals surface area (Å²) in [6, 6.07) is 12.2. The number of carbonyl (C=O) groups is 1. The van der Waals surface area contributed by atoms with Gasteiger partial charge in [-0.3, -0.25) is 10.1 Å².